The molecule has 3 rings (SSSR count). The van der Waals surface area contributed by atoms with Gasteiger partial charge in [-0.25, -0.2) is 4.98 Å². The predicted molar refractivity (Wildman–Crippen MR) is 95.5 cm³/mol. The fourth-order valence-electron chi connectivity index (χ4n) is 3.31. The zero-order chi connectivity index (χ0) is 17.8. The lowest BCUT2D eigenvalue weighted by Crippen LogP contribution is -2.52. The number of hydrogen-bond acceptors (Lipinski definition) is 6. The van der Waals surface area contributed by atoms with Crippen LogP contribution < -0.4 is 15.5 Å². The van der Waals surface area contributed by atoms with E-state index in [0.717, 1.165) is 31.1 Å². The van der Waals surface area contributed by atoms with Crippen molar-refractivity contribution in [1.29, 1.82) is 0 Å². The van der Waals surface area contributed by atoms with Crippen LogP contribution in [-0.4, -0.2) is 66.0 Å². The Morgan fingerprint density at radius 2 is 2.08 bits per heavy atom. The number of aromatic nitrogens is 2. The molecule has 136 valence electrons. The number of hydrogen-bond donors (Lipinski definition) is 2. The first-order chi connectivity index (χ1) is 12.1. The Bertz CT molecular complexity index is 632. The van der Waals surface area contributed by atoms with Crippen LogP contribution in [0.25, 0.3) is 0 Å². The maximum atomic E-state index is 12.6. The summed E-state index contributed by atoms with van der Waals surface area (Å²) < 4.78 is 0. The van der Waals surface area contributed by atoms with Crippen LogP contribution in [0.3, 0.4) is 0 Å². The molecular formula is C17H26N6O2. The quantitative estimate of drug-likeness (QED) is 0.820. The molecule has 3 heterocycles. The lowest BCUT2D eigenvalue weighted by Gasteiger charge is -2.37. The Balaban J connectivity index is 1.58. The lowest BCUT2D eigenvalue weighted by atomic mass is 9.97. The molecule has 0 aliphatic carbocycles. The molecule has 0 bridgehead atoms. The highest BCUT2D eigenvalue weighted by atomic mass is 16.2. The molecule has 1 aromatic rings. The van der Waals surface area contributed by atoms with Crippen molar-refractivity contribution in [2.45, 2.75) is 26.7 Å². The molecule has 2 amide bonds. The van der Waals surface area contributed by atoms with Gasteiger partial charge in [0.05, 0.1) is 5.92 Å². The Morgan fingerprint density at radius 1 is 1.32 bits per heavy atom. The van der Waals surface area contributed by atoms with Crippen LogP contribution in [0, 0.1) is 12.8 Å². The van der Waals surface area contributed by atoms with Crippen molar-refractivity contribution < 1.29 is 9.59 Å². The summed E-state index contributed by atoms with van der Waals surface area (Å²) >= 11 is 0. The molecule has 0 radical (unpaired) electrons. The summed E-state index contributed by atoms with van der Waals surface area (Å²) in [6.45, 7) is 8.11. The number of anilines is 2. The van der Waals surface area contributed by atoms with Gasteiger partial charge in [-0.2, -0.15) is 4.98 Å². The Morgan fingerprint density at radius 3 is 2.72 bits per heavy atom. The predicted octanol–water partition coefficient (Wildman–Crippen LogP) is 0.392. The molecule has 1 aromatic heterocycles. The molecule has 25 heavy (non-hydrogen) atoms. The maximum Gasteiger partial charge on any atom is 0.227 e. The van der Waals surface area contributed by atoms with E-state index in [1.165, 1.54) is 0 Å². The molecule has 2 aliphatic heterocycles. The van der Waals surface area contributed by atoms with E-state index in [9.17, 15) is 9.59 Å². The molecule has 2 fully saturated rings. The third-order valence-corrected chi connectivity index (χ3v) is 4.71. The van der Waals surface area contributed by atoms with E-state index in [2.05, 4.69) is 25.5 Å². The second kappa shape index (κ2) is 7.67. The van der Waals surface area contributed by atoms with Crippen LogP contribution >= 0.6 is 0 Å². The largest absolute Gasteiger partial charge is 0.355 e. The third-order valence-electron chi connectivity index (χ3n) is 4.71. The highest BCUT2D eigenvalue weighted by Gasteiger charge is 2.30. The zero-order valence-corrected chi connectivity index (χ0v) is 14.9. The molecule has 2 aliphatic rings. The van der Waals surface area contributed by atoms with Gasteiger partial charge in [-0.3, -0.25) is 9.59 Å². The smallest absolute Gasteiger partial charge is 0.227 e. The summed E-state index contributed by atoms with van der Waals surface area (Å²) in [6.07, 6.45) is 1.10. The summed E-state index contributed by atoms with van der Waals surface area (Å²) in [5, 5.41) is 5.94. The number of carbonyl (C=O) groups excluding carboxylic acids is 2. The number of carbonyl (C=O) groups is 2. The van der Waals surface area contributed by atoms with E-state index in [0.29, 0.717) is 38.4 Å². The molecule has 2 saturated heterocycles. The van der Waals surface area contributed by atoms with Crippen LogP contribution in [0.1, 0.15) is 25.5 Å². The van der Waals surface area contributed by atoms with Crippen LogP contribution in [-0.2, 0) is 9.59 Å². The summed E-state index contributed by atoms with van der Waals surface area (Å²) in [4.78, 5) is 36.9. The lowest BCUT2D eigenvalue weighted by molar-refractivity contribution is -0.137. The van der Waals surface area contributed by atoms with E-state index in [1.54, 1.807) is 0 Å². The third kappa shape index (κ3) is 4.18. The second-order valence-electron chi connectivity index (χ2n) is 6.57. The SMILES string of the molecule is CCNc1nc(C)cc(N2CCN(C(=O)C3CCC(=O)NC3)CC2)n1. The Labute approximate surface area is 148 Å². The van der Waals surface area contributed by atoms with Crippen molar-refractivity contribution in [3.8, 4) is 0 Å². The van der Waals surface area contributed by atoms with Gasteiger partial charge < -0.3 is 20.4 Å². The van der Waals surface area contributed by atoms with Crippen LogP contribution in [0.5, 0.6) is 0 Å². The van der Waals surface area contributed by atoms with Crippen molar-refractivity contribution in [2.24, 2.45) is 5.92 Å². The first-order valence-corrected chi connectivity index (χ1v) is 8.97. The average Bonchev–Trinajstić information content (AvgIpc) is 2.62. The molecule has 8 heteroatoms. The van der Waals surface area contributed by atoms with Gasteiger partial charge >= 0.3 is 0 Å². The van der Waals surface area contributed by atoms with Gasteiger partial charge in [0, 0.05) is 57.4 Å². The highest BCUT2D eigenvalue weighted by Crippen LogP contribution is 2.19. The van der Waals surface area contributed by atoms with Crippen LogP contribution in [0.2, 0.25) is 0 Å². The topological polar surface area (TPSA) is 90.5 Å². The minimum atomic E-state index is -0.0779. The van der Waals surface area contributed by atoms with Crippen LogP contribution in [0.15, 0.2) is 6.07 Å². The van der Waals surface area contributed by atoms with Crippen LogP contribution in [0.4, 0.5) is 11.8 Å². The number of nitrogens with zero attached hydrogens (tertiary/aromatic N) is 4. The first-order valence-electron chi connectivity index (χ1n) is 8.97. The molecular weight excluding hydrogens is 320 g/mol. The average molecular weight is 346 g/mol. The van der Waals surface area contributed by atoms with Gasteiger partial charge in [0.1, 0.15) is 5.82 Å². The van der Waals surface area contributed by atoms with Gasteiger partial charge in [0.15, 0.2) is 0 Å². The molecule has 1 atom stereocenters. The minimum Gasteiger partial charge on any atom is -0.355 e. The van der Waals surface area contributed by atoms with Crippen molar-refractivity contribution in [2.75, 3.05) is 49.5 Å². The van der Waals surface area contributed by atoms with Crippen molar-refractivity contribution in [3.63, 3.8) is 0 Å². The van der Waals surface area contributed by atoms with E-state index >= 15 is 0 Å². The molecule has 1 unspecified atom stereocenters. The standard InChI is InChI=1S/C17H26N6O2/c1-3-18-17-20-12(2)10-14(21-17)22-6-8-23(9-7-22)16(25)13-4-5-15(24)19-11-13/h10,13H,3-9,11H2,1-2H3,(H,19,24)(H,18,20,21). The van der Waals surface area contributed by atoms with Gasteiger partial charge in [0.25, 0.3) is 0 Å². The number of rotatable bonds is 4. The number of piperidine rings is 1. The number of nitrogens with one attached hydrogen (secondary N) is 2. The molecule has 0 saturated carbocycles. The normalized spacial score (nSPS) is 21.0. The number of piperazine rings is 1. The van der Waals surface area contributed by atoms with Crippen molar-refractivity contribution >= 4 is 23.6 Å². The first kappa shape index (κ1) is 17.4. The molecule has 8 nitrogen and oxygen atoms in total. The summed E-state index contributed by atoms with van der Waals surface area (Å²) in [6, 6.07) is 1.98. The monoisotopic (exact) mass is 346 g/mol. The fraction of sp³-hybridized carbons (Fsp3) is 0.647. The fourth-order valence-corrected chi connectivity index (χ4v) is 3.31. The van der Waals surface area contributed by atoms with Crippen molar-refractivity contribution in [1.82, 2.24) is 20.2 Å². The van der Waals surface area contributed by atoms with Crippen molar-refractivity contribution in [3.05, 3.63) is 11.8 Å². The second-order valence-corrected chi connectivity index (χ2v) is 6.57. The maximum absolute atomic E-state index is 12.6. The highest BCUT2D eigenvalue weighted by molar-refractivity contribution is 5.84. The van der Waals surface area contributed by atoms with E-state index in [4.69, 9.17) is 0 Å². The summed E-state index contributed by atoms with van der Waals surface area (Å²) in [5.41, 5.74) is 0.928. The molecule has 2 N–H and O–H groups in total. The van der Waals surface area contributed by atoms with E-state index in [1.807, 2.05) is 24.8 Å². The van der Waals surface area contributed by atoms with Gasteiger partial charge in [-0.1, -0.05) is 0 Å². The molecule has 0 aromatic carbocycles. The van der Waals surface area contributed by atoms with E-state index in [-0.39, 0.29) is 17.7 Å². The number of amides is 2. The molecule has 0 spiro atoms. The summed E-state index contributed by atoms with van der Waals surface area (Å²) in [5.74, 6) is 1.68. The van der Waals surface area contributed by atoms with Gasteiger partial charge in [0.2, 0.25) is 17.8 Å². The number of aryl methyl sites for hydroxylation is 1. The zero-order valence-electron chi connectivity index (χ0n) is 14.9. The summed E-state index contributed by atoms with van der Waals surface area (Å²) in [7, 11) is 0. The van der Waals surface area contributed by atoms with Gasteiger partial charge in [-0.05, 0) is 20.3 Å². The minimum absolute atomic E-state index is 0.0458. The van der Waals surface area contributed by atoms with Gasteiger partial charge in [-0.15, -0.1) is 0 Å². The van der Waals surface area contributed by atoms with E-state index < -0.39 is 0 Å². The Kier molecular flexibility index (Phi) is 5.35. The Hall–Kier alpha value is -2.38.